The summed E-state index contributed by atoms with van der Waals surface area (Å²) in [5, 5.41) is 0.558. The number of nitrogens with one attached hydrogen (secondary N) is 1. The van der Waals surface area contributed by atoms with Crippen molar-refractivity contribution in [3.63, 3.8) is 0 Å². The molecule has 1 aliphatic heterocycles. The lowest BCUT2D eigenvalue weighted by atomic mass is 9.80. The maximum atomic E-state index is 11.8. The van der Waals surface area contributed by atoms with E-state index in [0.29, 0.717) is 34.7 Å². The molecule has 1 saturated carbocycles. The van der Waals surface area contributed by atoms with Crippen LogP contribution in [0.3, 0.4) is 0 Å². The first-order chi connectivity index (χ1) is 16.0. The maximum absolute atomic E-state index is 11.8. The van der Waals surface area contributed by atoms with E-state index in [0.717, 1.165) is 50.2 Å². The van der Waals surface area contributed by atoms with E-state index in [-0.39, 0.29) is 12.0 Å². The number of rotatable bonds is 6. The van der Waals surface area contributed by atoms with Crippen LogP contribution >= 0.6 is 11.6 Å². The summed E-state index contributed by atoms with van der Waals surface area (Å²) in [5.74, 6) is 0.528. The molecule has 0 spiro atoms. The van der Waals surface area contributed by atoms with Crippen molar-refractivity contribution in [2.24, 2.45) is 5.92 Å². The Morgan fingerprint density at radius 1 is 1.21 bits per heavy atom. The Kier molecular flexibility index (Phi) is 6.12. The van der Waals surface area contributed by atoms with Gasteiger partial charge >= 0.3 is 0 Å². The van der Waals surface area contributed by atoms with Crippen LogP contribution in [0.4, 0.5) is 5.69 Å². The Balaban J connectivity index is 1.26. The number of ether oxygens (including phenoxy) is 2. The monoisotopic (exact) mass is 469 g/mol. The van der Waals surface area contributed by atoms with Crippen LogP contribution in [-0.2, 0) is 9.53 Å². The van der Waals surface area contributed by atoms with Crippen molar-refractivity contribution in [2.75, 3.05) is 45.3 Å². The van der Waals surface area contributed by atoms with Gasteiger partial charge < -0.3 is 24.3 Å². The number of amides is 1. The third kappa shape index (κ3) is 4.77. The van der Waals surface area contributed by atoms with Gasteiger partial charge in [0.25, 0.3) is 6.01 Å². The molecule has 2 aliphatic rings. The van der Waals surface area contributed by atoms with E-state index in [2.05, 4.69) is 27.0 Å². The second-order valence-corrected chi connectivity index (χ2v) is 9.35. The third-order valence-corrected chi connectivity index (χ3v) is 6.64. The topological polar surface area (TPSA) is 83.6 Å². The van der Waals surface area contributed by atoms with Gasteiger partial charge in [0.05, 0.1) is 29.4 Å². The Bertz CT molecular complexity index is 1130. The smallest absolute Gasteiger partial charge is 0.296 e. The normalized spacial score (nSPS) is 20.5. The molecular weight excluding hydrogens is 442 g/mol. The van der Waals surface area contributed by atoms with Gasteiger partial charge in [0.15, 0.2) is 5.65 Å². The Labute approximate surface area is 197 Å². The average molecular weight is 470 g/mol. The highest BCUT2D eigenvalue weighted by Gasteiger charge is 2.33. The number of carbonyl (C=O) groups is 1. The minimum atomic E-state index is 0.0631. The van der Waals surface area contributed by atoms with Gasteiger partial charge in [-0.15, -0.1) is 0 Å². The number of anilines is 1. The number of aromatic amines is 1. The van der Waals surface area contributed by atoms with Crippen molar-refractivity contribution in [1.82, 2.24) is 19.9 Å². The van der Waals surface area contributed by atoms with E-state index < -0.39 is 0 Å². The van der Waals surface area contributed by atoms with E-state index in [1.54, 1.807) is 19.0 Å². The number of pyridine rings is 1. The number of carbonyl (C=O) groups excluding carboxylic acids is 1. The number of morpholine rings is 1. The lowest BCUT2D eigenvalue weighted by Crippen LogP contribution is -2.37. The van der Waals surface area contributed by atoms with Gasteiger partial charge in [-0.3, -0.25) is 4.79 Å². The predicted molar refractivity (Wildman–Crippen MR) is 128 cm³/mol. The molecule has 3 aromatic rings. The van der Waals surface area contributed by atoms with Gasteiger partial charge in [-0.1, -0.05) is 23.7 Å². The molecule has 1 aliphatic carbocycles. The number of benzene rings is 1. The molecule has 1 N–H and O–H groups in total. The van der Waals surface area contributed by atoms with Crippen molar-refractivity contribution >= 4 is 34.4 Å². The fourth-order valence-corrected chi connectivity index (χ4v) is 4.59. The minimum Gasteiger partial charge on any atom is -0.461 e. The molecule has 2 fully saturated rings. The van der Waals surface area contributed by atoms with Gasteiger partial charge in [0, 0.05) is 44.9 Å². The van der Waals surface area contributed by atoms with Crippen molar-refractivity contribution < 1.29 is 14.3 Å². The highest BCUT2D eigenvalue weighted by molar-refractivity contribution is 6.33. The van der Waals surface area contributed by atoms with Crippen LogP contribution in [0.2, 0.25) is 5.02 Å². The summed E-state index contributed by atoms with van der Waals surface area (Å²) in [7, 11) is 3.57. The molecule has 1 saturated heterocycles. The highest BCUT2D eigenvalue weighted by atomic mass is 35.5. The van der Waals surface area contributed by atoms with E-state index in [1.807, 2.05) is 18.2 Å². The molecule has 1 amide bonds. The molecule has 0 atom stereocenters. The van der Waals surface area contributed by atoms with Crippen LogP contribution < -0.4 is 9.64 Å². The van der Waals surface area contributed by atoms with Crippen molar-refractivity contribution in [2.45, 2.75) is 25.4 Å². The number of fused-ring (bicyclic) bond motifs is 1. The zero-order valence-corrected chi connectivity index (χ0v) is 19.6. The fourth-order valence-electron chi connectivity index (χ4n) is 4.33. The van der Waals surface area contributed by atoms with Crippen LogP contribution in [-0.4, -0.2) is 72.3 Å². The summed E-state index contributed by atoms with van der Waals surface area (Å²) in [6, 6.07) is 10.5. The van der Waals surface area contributed by atoms with Crippen LogP contribution in [0.25, 0.3) is 22.4 Å². The lowest BCUT2D eigenvalue weighted by molar-refractivity contribution is -0.131. The second kappa shape index (κ2) is 9.19. The minimum absolute atomic E-state index is 0.0631. The van der Waals surface area contributed by atoms with Gasteiger partial charge in [0.2, 0.25) is 5.91 Å². The Morgan fingerprint density at radius 3 is 2.64 bits per heavy atom. The summed E-state index contributed by atoms with van der Waals surface area (Å²) in [4.78, 5) is 28.2. The largest absolute Gasteiger partial charge is 0.461 e. The molecule has 0 bridgehead atoms. The fraction of sp³-hybridized carbons (Fsp3) is 0.458. The van der Waals surface area contributed by atoms with Crippen LogP contribution in [0.15, 0.2) is 30.3 Å². The standard InChI is InChI=1S/C24H28ClN5O3/c1-29(2)21(31)13-15-11-18(12-15)33-24-26-20-14-19(25)22(27-23(20)28-24)16-3-5-17(6-4-16)30-7-9-32-10-8-30/h3-6,14-15,18H,7-13H2,1-2H3,(H,26,27,28)/t15-,18-. The van der Waals surface area contributed by atoms with Crippen molar-refractivity contribution in [3.8, 4) is 17.3 Å². The molecular formula is C24H28ClN5O3. The van der Waals surface area contributed by atoms with Gasteiger partial charge in [-0.25, -0.2) is 4.98 Å². The third-order valence-electron chi connectivity index (χ3n) is 6.35. The first-order valence-electron chi connectivity index (χ1n) is 11.3. The molecule has 3 heterocycles. The van der Waals surface area contributed by atoms with E-state index in [9.17, 15) is 4.79 Å². The first kappa shape index (κ1) is 22.0. The number of aromatic nitrogens is 3. The summed E-state index contributed by atoms with van der Waals surface area (Å²) in [6.07, 6.45) is 2.34. The van der Waals surface area contributed by atoms with Gasteiger partial charge in [-0.05, 0) is 37.0 Å². The molecule has 1 aromatic carbocycles. The maximum Gasteiger partial charge on any atom is 0.296 e. The molecule has 33 heavy (non-hydrogen) atoms. The lowest BCUT2D eigenvalue weighted by Gasteiger charge is -2.34. The SMILES string of the molecule is CN(C)C(=O)C[C@H]1C[C@H](Oc2nc3nc(-c4ccc(N5CCOCC5)cc4)c(Cl)cc3[nH]2)C1. The Morgan fingerprint density at radius 2 is 1.94 bits per heavy atom. The number of hydrogen-bond donors (Lipinski definition) is 1. The summed E-state index contributed by atoms with van der Waals surface area (Å²) in [6.45, 7) is 3.30. The number of nitrogens with zero attached hydrogens (tertiary/aromatic N) is 4. The number of hydrogen-bond acceptors (Lipinski definition) is 6. The molecule has 2 aromatic heterocycles. The van der Waals surface area contributed by atoms with E-state index in [4.69, 9.17) is 26.1 Å². The van der Waals surface area contributed by atoms with E-state index in [1.165, 1.54) is 5.69 Å². The second-order valence-electron chi connectivity index (χ2n) is 8.95. The van der Waals surface area contributed by atoms with Crippen LogP contribution in [0.1, 0.15) is 19.3 Å². The van der Waals surface area contributed by atoms with Crippen molar-refractivity contribution in [3.05, 3.63) is 35.4 Å². The molecule has 0 unspecified atom stereocenters. The zero-order chi connectivity index (χ0) is 22.9. The summed E-state index contributed by atoms with van der Waals surface area (Å²) in [5.41, 5.74) is 4.11. The zero-order valence-electron chi connectivity index (χ0n) is 18.9. The first-order valence-corrected chi connectivity index (χ1v) is 11.7. The molecule has 174 valence electrons. The molecule has 8 nitrogen and oxygen atoms in total. The van der Waals surface area contributed by atoms with E-state index >= 15 is 0 Å². The summed E-state index contributed by atoms with van der Waals surface area (Å²) >= 11 is 6.56. The van der Waals surface area contributed by atoms with Gasteiger partial charge in [0.1, 0.15) is 6.10 Å². The molecule has 0 radical (unpaired) electrons. The summed E-state index contributed by atoms with van der Waals surface area (Å²) < 4.78 is 11.4. The average Bonchev–Trinajstić information content (AvgIpc) is 3.18. The van der Waals surface area contributed by atoms with Crippen LogP contribution in [0, 0.1) is 5.92 Å². The van der Waals surface area contributed by atoms with Crippen molar-refractivity contribution in [1.29, 1.82) is 0 Å². The quantitative estimate of drug-likeness (QED) is 0.592. The number of H-pyrrole nitrogens is 1. The highest BCUT2D eigenvalue weighted by Crippen LogP contribution is 2.35. The number of halogens is 1. The van der Waals surface area contributed by atoms with Crippen LogP contribution in [0.5, 0.6) is 6.01 Å². The Hall–Kier alpha value is -2.84. The molecule has 9 heteroatoms. The number of imidazole rings is 1. The van der Waals surface area contributed by atoms with Gasteiger partial charge in [-0.2, -0.15) is 4.98 Å². The predicted octanol–water partition coefficient (Wildman–Crippen LogP) is 3.75. The molecule has 5 rings (SSSR count).